The Bertz CT molecular complexity index is 585. The van der Waals surface area contributed by atoms with E-state index in [0.29, 0.717) is 0 Å². The molecule has 0 amide bonds. The molecule has 5 heteroatoms. The van der Waals surface area contributed by atoms with Gasteiger partial charge >= 0.3 is 5.97 Å². The van der Waals surface area contributed by atoms with E-state index in [-0.39, 0.29) is 10.2 Å². The summed E-state index contributed by atoms with van der Waals surface area (Å²) in [5.74, 6) is -0.998. The van der Waals surface area contributed by atoms with Crippen molar-refractivity contribution in [2.24, 2.45) is 0 Å². The predicted octanol–water partition coefficient (Wildman–Crippen LogP) is 3.48. The molecule has 0 aliphatic rings. The quantitative estimate of drug-likeness (QED) is 0.803. The smallest absolute Gasteiger partial charge is 0.338 e. The van der Waals surface area contributed by atoms with Crippen LogP contribution in [0.1, 0.15) is 15.9 Å². The molecular formula is C11H9NO2S2. The third kappa shape index (κ3) is 1.91. The second kappa shape index (κ2) is 4.19. The summed E-state index contributed by atoms with van der Waals surface area (Å²) in [5.41, 5.74) is 1.92. The molecule has 0 spiro atoms. The molecule has 0 saturated heterocycles. The summed E-state index contributed by atoms with van der Waals surface area (Å²) in [5, 5.41) is 10.9. The molecule has 0 aromatic carbocycles. The topological polar surface area (TPSA) is 53.1 Å². The van der Waals surface area contributed by atoms with Crippen molar-refractivity contribution < 1.29 is 9.90 Å². The molecule has 0 radical (unpaired) electrons. The summed E-state index contributed by atoms with van der Waals surface area (Å²) in [6, 6.07) is 5.52. The van der Waals surface area contributed by atoms with Crippen molar-refractivity contribution in [1.29, 1.82) is 0 Å². The van der Waals surface area contributed by atoms with Gasteiger partial charge in [-0.25, -0.2) is 4.79 Å². The Morgan fingerprint density at radius 1 is 1.56 bits per heavy atom. The van der Waals surface area contributed by atoms with E-state index in [9.17, 15) is 4.79 Å². The first kappa shape index (κ1) is 11.0. The normalized spacial score (nSPS) is 10.3. The zero-order valence-electron chi connectivity index (χ0n) is 8.48. The highest BCUT2D eigenvalue weighted by Crippen LogP contribution is 2.26. The molecular weight excluding hydrogens is 242 g/mol. The van der Waals surface area contributed by atoms with Gasteiger partial charge in [-0.15, -0.1) is 11.3 Å². The molecule has 0 fully saturated rings. The number of aryl methyl sites for hydroxylation is 1. The number of aromatic amines is 1. The largest absolute Gasteiger partial charge is 0.478 e. The molecule has 82 valence electrons. The summed E-state index contributed by atoms with van der Waals surface area (Å²) in [6.45, 7) is 1.87. The minimum atomic E-state index is -0.998. The van der Waals surface area contributed by atoms with Crippen molar-refractivity contribution in [2.45, 2.75) is 6.92 Å². The lowest BCUT2D eigenvalue weighted by Gasteiger charge is -2.05. The van der Waals surface area contributed by atoms with Gasteiger partial charge in [0.05, 0.1) is 16.1 Å². The van der Waals surface area contributed by atoms with E-state index >= 15 is 0 Å². The van der Waals surface area contributed by atoms with Crippen LogP contribution in [0, 0.1) is 11.6 Å². The molecule has 0 aliphatic heterocycles. The van der Waals surface area contributed by atoms with Gasteiger partial charge in [0, 0.05) is 0 Å². The summed E-state index contributed by atoms with van der Waals surface area (Å²) >= 11 is 6.61. The summed E-state index contributed by atoms with van der Waals surface area (Å²) in [4.78, 5) is 14.9. The molecule has 2 heterocycles. The van der Waals surface area contributed by atoms with Gasteiger partial charge in [0.15, 0.2) is 0 Å². The second-order valence-corrected chi connectivity index (χ2v) is 4.71. The lowest BCUT2D eigenvalue weighted by molar-refractivity contribution is 0.0695. The van der Waals surface area contributed by atoms with Gasteiger partial charge in [-0.05, 0) is 30.0 Å². The first-order chi connectivity index (χ1) is 7.59. The van der Waals surface area contributed by atoms with Crippen molar-refractivity contribution in [3.05, 3.63) is 39.3 Å². The Labute approximate surface area is 101 Å². The number of carbonyl (C=O) groups is 1. The van der Waals surface area contributed by atoms with Gasteiger partial charge in [0.1, 0.15) is 4.64 Å². The molecule has 2 rings (SSSR count). The Balaban J connectivity index is 2.64. The maximum absolute atomic E-state index is 10.9. The lowest BCUT2D eigenvalue weighted by atomic mass is 10.1. The first-order valence-electron chi connectivity index (χ1n) is 4.60. The van der Waals surface area contributed by atoms with Gasteiger partial charge in [-0.3, -0.25) is 0 Å². The highest BCUT2D eigenvalue weighted by atomic mass is 32.1. The Morgan fingerprint density at radius 3 is 2.88 bits per heavy atom. The molecule has 0 unspecified atom stereocenters. The van der Waals surface area contributed by atoms with Crippen molar-refractivity contribution in [3.63, 3.8) is 0 Å². The number of aromatic nitrogens is 1. The molecule has 0 atom stereocenters. The number of hydrogen-bond acceptors (Lipinski definition) is 3. The highest BCUT2D eigenvalue weighted by molar-refractivity contribution is 7.71. The van der Waals surface area contributed by atoms with Crippen molar-refractivity contribution in [2.75, 3.05) is 0 Å². The molecule has 2 aromatic rings. The number of hydrogen-bond donors (Lipinski definition) is 2. The van der Waals surface area contributed by atoms with Crippen LogP contribution in [0.15, 0.2) is 23.6 Å². The summed E-state index contributed by atoms with van der Waals surface area (Å²) < 4.78 is 0.265. The van der Waals surface area contributed by atoms with Crippen LogP contribution in [0.5, 0.6) is 0 Å². The second-order valence-electron chi connectivity index (χ2n) is 3.35. The molecule has 2 N–H and O–H groups in total. The van der Waals surface area contributed by atoms with E-state index in [1.807, 2.05) is 24.4 Å². The Morgan fingerprint density at radius 2 is 2.31 bits per heavy atom. The monoisotopic (exact) mass is 251 g/mol. The van der Waals surface area contributed by atoms with Crippen LogP contribution in [0.25, 0.3) is 10.6 Å². The standard InChI is InChI=1S/C11H9NO2S2/c1-6-5-7(11(13)14)10(15)12-9(6)8-3-2-4-16-8/h2-5H,1H3,(H,12,15)(H,13,14). The summed E-state index contributed by atoms with van der Waals surface area (Å²) in [7, 11) is 0. The van der Waals surface area contributed by atoms with Crippen molar-refractivity contribution in [3.8, 4) is 10.6 Å². The molecule has 0 bridgehead atoms. The molecule has 3 nitrogen and oxygen atoms in total. The maximum Gasteiger partial charge on any atom is 0.338 e. The van der Waals surface area contributed by atoms with Crippen LogP contribution in [-0.4, -0.2) is 16.1 Å². The van der Waals surface area contributed by atoms with E-state index < -0.39 is 5.97 Å². The zero-order valence-corrected chi connectivity index (χ0v) is 10.1. The van der Waals surface area contributed by atoms with Crippen LogP contribution in [0.2, 0.25) is 0 Å². The Hall–Kier alpha value is -1.46. The SMILES string of the molecule is Cc1cc(C(=O)O)c(=S)[nH]c1-c1cccs1. The van der Waals surface area contributed by atoms with E-state index in [4.69, 9.17) is 17.3 Å². The zero-order chi connectivity index (χ0) is 11.7. The molecule has 16 heavy (non-hydrogen) atoms. The van der Waals surface area contributed by atoms with E-state index in [1.54, 1.807) is 17.4 Å². The fourth-order valence-corrected chi connectivity index (χ4v) is 2.51. The van der Waals surface area contributed by atoms with Crippen molar-refractivity contribution in [1.82, 2.24) is 4.98 Å². The van der Waals surface area contributed by atoms with Gasteiger partial charge in [-0.2, -0.15) is 0 Å². The van der Waals surface area contributed by atoms with E-state index in [2.05, 4.69) is 4.98 Å². The maximum atomic E-state index is 10.9. The molecule has 2 aromatic heterocycles. The van der Waals surface area contributed by atoms with Crippen LogP contribution in [0.3, 0.4) is 0 Å². The average Bonchev–Trinajstić information content (AvgIpc) is 2.73. The molecule has 0 aliphatic carbocycles. The van der Waals surface area contributed by atoms with Crippen LogP contribution in [-0.2, 0) is 0 Å². The number of aromatic carboxylic acids is 1. The van der Waals surface area contributed by atoms with Crippen LogP contribution >= 0.6 is 23.6 Å². The average molecular weight is 251 g/mol. The third-order valence-electron chi connectivity index (χ3n) is 2.24. The van der Waals surface area contributed by atoms with Crippen LogP contribution in [0.4, 0.5) is 0 Å². The van der Waals surface area contributed by atoms with Gasteiger partial charge in [0.2, 0.25) is 0 Å². The first-order valence-corrected chi connectivity index (χ1v) is 5.89. The fourth-order valence-electron chi connectivity index (χ4n) is 1.47. The van der Waals surface area contributed by atoms with Crippen molar-refractivity contribution >= 4 is 29.5 Å². The lowest BCUT2D eigenvalue weighted by Crippen LogP contribution is -2.01. The Kier molecular flexibility index (Phi) is 2.89. The van der Waals surface area contributed by atoms with E-state index in [1.165, 1.54) is 0 Å². The predicted molar refractivity (Wildman–Crippen MR) is 66.6 cm³/mol. The highest BCUT2D eigenvalue weighted by Gasteiger charge is 2.10. The third-order valence-corrected chi connectivity index (χ3v) is 3.45. The number of H-pyrrole nitrogens is 1. The van der Waals surface area contributed by atoms with Crippen LogP contribution < -0.4 is 0 Å². The summed E-state index contributed by atoms with van der Waals surface area (Å²) in [6.07, 6.45) is 0. The van der Waals surface area contributed by atoms with Gasteiger partial charge in [0.25, 0.3) is 0 Å². The number of thiophene rings is 1. The fraction of sp³-hybridized carbons (Fsp3) is 0.0909. The number of carboxylic acids is 1. The number of nitrogens with one attached hydrogen (secondary N) is 1. The minimum Gasteiger partial charge on any atom is -0.478 e. The number of pyridine rings is 1. The van der Waals surface area contributed by atoms with Gasteiger partial charge in [-0.1, -0.05) is 18.3 Å². The molecule has 0 saturated carbocycles. The minimum absolute atomic E-state index is 0.146. The number of carboxylic acid groups (broad SMARTS) is 1. The van der Waals surface area contributed by atoms with Gasteiger partial charge < -0.3 is 10.1 Å². The van der Waals surface area contributed by atoms with E-state index in [0.717, 1.165) is 16.1 Å². The number of rotatable bonds is 2.